The summed E-state index contributed by atoms with van der Waals surface area (Å²) in [5.74, 6) is 0.335. The molecule has 0 amide bonds. The number of para-hydroxylation sites is 1. The largest absolute Gasteiger partial charge is 0.481 e. The highest BCUT2D eigenvalue weighted by Gasteiger charge is 2.35. The van der Waals surface area contributed by atoms with E-state index in [2.05, 4.69) is 0 Å². The van der Waals surface area contributed by atoms with E-state index >= 15 is 0 Å². The van der Waals surface area contributed by atoms with Crippen molar-refractivity contribution in [2.45, 2.75) is 25.5 Å². The highest BCUT2D eigenvalue weighted by Crippen LogP contribution is 2.42. The predicted molar refractivity (Wildman–Crippen MR) is 54.7 cm³/mol. The lowest BCUT2D eigenvalue weighted by Crippen LogP contribution is -2.24. The van der Waals surface area contributed by atoms with Crippen molar-refractivity contribution >= 4 is 5.69 Å². The SMILES string of the molecule is CCC1Oc2c(cccc2[N+](=O)[O-])C1N. The van der Waals surface area contributed by atoms with Crippen LogP contribution in [-0.4, -0.2) is 11.0 Å². The minimum Gasteiger partial charge on any atom is -0.481 e. The van der Waals surface area contributed by atoms with E-state index in [0.29, 0.717) is 5.75 Å². The van der Waals surface area contributed by atoms with Crippen LogP contribution in [0.5, 0.6) is 5.75 Å². The number of ether oxygens (including phenoxy) is 1. The normalized spacial score (nSPS) is 23.3. The van der Waals surface area contributed by atoms with Gasteiger partial charge in [0.2, 0.25) is 5.75 Å². The van der Waals surface area contributed by atoms with E-state index in [1.807, 2.05) is 6.92 Å². The lowest BCUT2D eigenvalue weighted by molar-refractivity contribution is -0.385. The van der Waals surface area contributed by atoms with E-state index in [1.165, 1.54) is 6.07 Å². The van der Waals surface area contributed by atoms with Crippen LogP contribution in [0.1, 0.15) is 24.9 Å². The predicted octanol–water partition coefficient (Wildman–Crippen LogP) is 1.77. The number of rotatable bonds is 2. The van der Waals surface area contributed by atoms with E-state index in [1.54, 1.807) is 12.1 Å². The van der Waals surface area contributed by atoms with Crippen LogP contribution < -0.4 is 10.5 Å². The van der Waals surface area contributed by atoms with Gasteiger partial charge in [-0.2, -0.15) is 0 Å². The molecule has 80 valence electrons. The van der Waals surface area contributed by atoms with Crippen LogP contribution >= 0.6 is 0 Å². The van der Waals surface area contributed by atoms with Gasteiger partial charge in [-0.25, -0.2) is 0 Å². The van der Waals surface area contributed by atoms with Gasteiger partial charge in [0.1, 0.15) is 6.10 Å². The van der Waals surface area contributed by atoms with Gasteiger partial charge in [0.15, 0.2) is 0 Å². The van der Waals surface area contributed by atoms with Crippen LogP contribution in [0.15, 0.2) is 18.2 Å². The zero-order valence-corrected chi connectivity index (χ0v) is 8.34. The van der Waals surface area contributed by atoms with E-state index in [-0.39, 0.29) is 17.8 Å². The van der Waals surface area contributed by atoms with Crippen LogP contribution in [0.4, 0.5) is 5.69 Å². The maximum atomic E-state index is 10.7. The molecule has 1 aromatic rings. The first-order valence-electron chi connectivity index (χ1n) is 4.84. The highest BCUT2D eigenvalue weighted by atomic mass is 16.6. The molecule has 1 heterocycles. The average molecular weight is 208 g/mol. The van der Waals surface area contributed by atoms with E-state index < -0.39 is 4.92 Å². The Morgan fingerprint density at radius 2 is 2.33 bits per heavy atom. The summed E-state index contributed by atoms with van der Waals surface area (Å²) in [7, 11) is 0. The molecule has 0 bridgehead atoms. The van der Waals surface area contributed by atoms with Crippen LogP contribution in [0, 0.1) is 10.1 Å². The third kappa shape index (κ3) is 1.45. The van der Waals surface area contributed by atoms with Gasteiger partial charge in [-0.05, 0) is 6.42 Å². The van der Waals surface area contributed by atoms with Crippen molar-refractivity contribution in [3.05, 3.63) is 33.9 Å². The molecule has 15 heavy (non-hydrogen) atoms. The van der Waals surface area contributed by atoms with Gasteiger partial charge < -0.3 is 10.5 Å². The number of hydrogen-bond donors (Lipinski definition) is 1. The molecule has 0 fully saturated rings. The number of nitro groups is 1. The van der Waals surface area contributed by atoms with Crippen molar-refractivity contribution in [2.24, 2.45) is 5.73 Å². The Morgan fingerprint density at radius 3 is 2.93 bits per heavy atom. The smallest absolute Gasteiger partial charge is 0.311 e. The van der Waals surface area contributed by atoms with Crippen LogP contribution in [0.25, 0.3) is 0 Å². The van der Waals surface area contributed by atoms with Crippen LogP contribution in [0.3, 0.4) is 0 Å². The summed E-state index contributed by atoms with van der Waals surface area (Å²) in [6, 6.07) is 4.59. The number of nitrogens with zero attached hydrogens (tertiary/aromatic N) is 1. The molecule has 2 rings (SSSR count). The molecule has 1 aliphatic rings. The summed E-state index contributed by atoms with van der Waals surface area (Å²) in [5.41, 5.74) is 6.65. The first kappa shape index (κ1) is 9.92. The molecule has 1 aliphatic heterocycles. The molecule has 0 saturated heterocycles. The van der Waals surface area contributed by atoms with Gasteiger partial charge >= 0.3 is 5.69 Å². The fourth-order valence-corrected chi connectivity index (χ4v) is 1.84. The van der Waals surface area contributed by atoms with Crippen molar-refractivity contribution in [1.29, 1.82) is 0 Å². The number of nitro benzene ring substituents is 1. The zero-order valence-electron chi connectivity index (χ0n) is 8.34. The van der Waals surface area contributed by atoms with Gasteiger partial charge in [-0.3, -0.25) is 10.1 Å². The molecule has 1 aromatic carbocycles. The Balaban J connectivity index is 2.48. The maximum absolute atomic E-state index is 10.7. The fourth-order valence-electron chi connectivity index (χ4n) is 1.84. The first-order chi connectivity index (χ1) is 7.15. The second kappa shape index (κ2) is 3.51. The topological polar surface area (TPSA) is 78.4 Å². The van der Waals surface area contributed by atoms with E-state index in [9.17, 15) is 10.1 Å². The highest BCUT2D eigenvalue weighted by molar-refractivity contribution is 5.55. The first-order valence-corrected chi connectivity index (χ1v) is 4.84. The molecule has 2 unspecified atom stereocenters. The van der Waals surface area contributed by atoms with Gasteiger partial charge in [0, 0.05) is 11.6 Å². The Morgan fingerprint density at radius 1 is 1.60 bits per heavy atom. The molecule has 5 heteroatoms. The minimum absolute atomic E-state index is 0.00102. The molecule has 2 N–H and O–H groups in total. The maximum Gasteiger partial charge on any atom is 0.311 e. The molecule has 2 atom stereocenters. The second-order valence-corrected chi connectivity index (χ2v) is 3.54. The molecule has 5 nitrogen and oxygen atoms in total. The minimum atomic E-state index is -0.441. The molecular weight excluding hydrogens is 196 g/mol. The number of benzene rings is 1. The lowest BCUT2D eigenvalue weighted by Gasteiger charge is -2.11. The molecule has 0 saturated carbocycles. The molecule has 0 spiro atoms. The summed E-state index contributed by atoms with van der Waals surface area (Å²) < 4.78 is 5.49. The summed E-state index contributed by atoms with van der Waals surface area (Å²) >= 11 is 0. The van der Waals surface area contributed by atoms with Crippen LogP contribution in [0.2, 0.25) is 0 Å². The standard InChI is InChI=1S/C10H12N2O3/c1-2-8-9(11)6-4-3-5-7(12(13)14)10(6)15-8/h3-5,8-9H,2,11H2,1H3. The van der Waals surface area contributed by atoms with Crippen molar-refractivity contribution in [3.8, 4) is 5.75 Å². The van der Waals surface area contributed by atoms with Gasteiger partial charge in [-0.15, -0.1) is 0 Å². The van der Waals surface area contributed by atoms with Crippen molar-refractivity contribution in [3.63, 3.8) is 0 Å². The summed E-state index contributed by atoms with van der Waals surface area (Å²) in [4.78, 5) is 10.3. The van der Waals surface area contributed by atoms with Crippen molar-refractivity contribution in [1.82, 2.24) is 0 Å². The summed E-state index contributed by atoms with van der Waals surface area (Å²) in [5, 5.41) is 10.7. The summed E-state index contributed by atoms with van der Waals surface area (Å²) in [6.07, 6.45) is 0.591. The number of hydrogen-bond acceptors (Lipinski definition) is 4. The quantitative estimate of drug-likeness (QED) is 0.593. The van der Waals surface area contributed by atoms with Crippen molar-refractivity contribution < 1.29 is 9.66 Å². The number of nitrogens with two attached hydrogens (primary N) is 1. The van der Waals surface area contributed by atoms with E-state index in [4.69, 9.17) is 10.5 Å². The Labute approximate surface area is 87.0 Å². The average Bonchev–Trinajstić information content (AvgIpc) is 2.55. The van der Waals surface area contributed by atoms with Crippen LogP contribution in [-0.2, 0) is 0 Å². The Kier molecular flexibility index (Phi) is 2.32. The molecule has 0 aliphatic carbocycles. The molecule has 0 radical (unpaired) electrons. The van der Waals surface area contributed by atoms with Gasteiger partial charge in [0.25, 0.3) is 0 Å². The van der Waals surface area contributed by atoms with Gasteiger partial charge in [0.05, 0.1) is 11.0 Å². The monoisotopic (exact) mass is 208 g/mol. The second-order valence-electron chi connectivity index (χ2n) is 3.54. The Bertz CT molecular complexity index is 406. The summed E-state index contributed by atoms with van der Waals surface area (Å²) in [6.45, 7) is 1.95. The van der Waals surface area contributed by atoms with E-state index in [0.717, 1.165) is 12.0 Å². The Hall–Kier alpha value is -1.62. The zero-order chi connectivity index (χ0) is 11.0. The van der Waals surface area contributed by atoms with Crippen molar-refractivity contribution in [2.75, 3.05) is 0 Å². The number of fused-ring (bicyclic) bond motifs is 1. The molecule has 0 aromatic heterocycles. The third-order valence-electron chi connectivity index (χ3n) is 2.65. The third-order valence-corrected chi connectivity index (χ3v) is 2.65. The lowest BCUT2D eigenvalue weighted by atomic mass is 10.0. The van der Waals surface area contributed by atoms with Gasteiger partial charge in [-0.1, -0.05) is 19.1 Å². The molecular formula is C10H12N2O3. The fraction of sp³-hybridized carbons (Fsp3) is 0.400.